The van der Waals surface area contributed by atoms with Gasteiger partial charge in [-0.2, -0.15) is 0 Å². The van der Waals surface area contributed by atoms with E-state index < -0.39 is 0 Å². The number of benzene rings is 1. The van der Waals surface area contributed by atoms with E-state index in [-0.39, 0.29) is 0 Å². The largest absolute Gasteiger partial charge is 0.348 e. The van der Waals surface area contributed by atoms with E-state index in [2.05, 4.69) is 53.4 Å². The van der Waals surface area contributed by atoms with Gasteiger partial charge in [0.2, 0.25) is 0 Å². The minimum Gasteiger partial charge on any atom is -0.348 e. The Balaban J connectivity index is 2.01. The van der Waals surface area contributed by atoms with Crippen molar-refractivity contribution in [1.82, 2.24) is 15.3 Å². The zero-order valence-corrected chi connectivity index (χ0v) is 10.6. The van der Waals surface area contributed by atoms with Crippen LogP contribution in [-0.2, 0) is 6.54 Å². The Labute approximate surface area is 102 Å². The van der Waals surface area contributed by atoms with Crippen LogP contribution in [0.25, 0.3) is 0 Å². The second-order valence-electron chi connectivity index (χ2n) is 4.43. The van der Waals surface area contributed by atoms with E-state index in [1.165, 1.54) is 11.1 Å². The lowest BCUT2D eigenvalue weighted by Gasteiger charge is -2.16. The van der Waals surface area contributed by atoms with Crippen molar-refractivity contribution in [3.8, 4) is 0 Å². The average Bonchev–Trinajstić information content (AvgIpc) is 2.72. The van der Waals surface area contributed by atoms with Gasteiger partial charge >= 0.3 is 0 Å². The molecule has 2 N–H and O–H groups in total. The van der Waals surface area contributed by atoms with Crippen LogP contribution in [-0.4, -0.2) is 9.97 Å². The average molecular weight is 229 g/mol. The first kappa shape index (κ1) is 11.9. The van der Waals surface area contributed by atoms with Crippen LogP contribution in [0.1, 0.15) is 35.5 Å². The summed E-state index contributed by atoms with van der Waals surface area (Å²) in [4.78, 5) is 7.38. The molecule has 3 nitrogen and oxygen atoms in total. The molecular formula is C14H19N3. The zero-order valence-electron chi connectivity index (χ0n) is 10.6. The Morgan fingerprint density at radius 3 is 2.71 bits per heavy atom. The molecule has 1 atom stereocenters. The van der Waals surface area contributed by atoms with Gasteiger partial charge in [0.15, 0.2) is 0 Å². The van der Waals surface area contributed by atoms with Crippen LogP contribution in [0.15, 0.2) is 30.6 Å². The van der Waals surface area contributed by atoms with Gasteiger partial charge in [0.1, 0.15) is 0 Å². The van der Waals surface area contributed by atoms with Crippen molar-refractivity contribution in [3.05, 3.63) is 53.1 Å². The van der Waals surface area contributed by atoms with Crippen LogP contribution in [0.3, 0.4) is 0 Å². The number of rotatable bonds is 4. The molecule has 0 saturated heterocycles. The molecule has 0 saturated carbocycles. The number of imidazole rings is 1. The van der Waals surface area contributed by atoms with Gasteiger partial charge in [0, 0.05) is 18.3 Å². The van der Waals surface area contributed by atoms with Gasteiger partial charge in [-0.15, -0.1) is 0 Å². The smallest absolute Gasteiger partial charge is 0.0925 e. The van der Waals surface area contributed by atoms with E-state index in [1.54, 1.807) is 6.33 Å². The predicted molar refractivity (Wildman–Crippen MR) is 69.8 cm³/mol. The Hall–Kier alpha value is -1.61. The zero-order chi connectivity index (χ0) is 12.3. The van der Waals surface area contributed by atoms with E-state index in [0.29, 0.717) is 6.04 Å². The topological polar surface area (TPSA) is 40.7 Å². The Morgan fingerprint density at radius 2 is 2.06 bits per heavy atom. The summed E-state index contributed by atoms with van der Waals surface area (Å²) in [5.74, 6) is 0. The van der Waals surface area contributed by atoms with E-state index in [0.717, 1.165) is 17.9 Å². The van der Waals surface area contributed by atoms with Crippen molar-refractivity contribution in [2.24, 2.45) is 0 Å². The van der Waals surface area contributed by atoms with Crippen LogP contribution < -0.4 is 5.32 Å². The van der Waals surface area contributed by atoms with Gasteiger partial charge in [0.25, 0.3) is 0 Å². The van der Waals surface area contributed by atoms with Gasteiger partial charge in [0.05, 0.1) is 12.0 Å². The van der Waals surface area contributed by atoms with Gasteiger partial charge in [-0.05, 0) is 31.9 Å². The maximum atomic E-state index is 4.29. The highest BCUT2D eigenvalue weighted by molar-refractivity contribution is 5.28. The summed E-state index contributed by atoms with van der Waals surface area (Å²) in [6.07, 6.45) is 1.74. The summed E-state index contributed by atoms with van der Waals surface area (Å²) in [7, 11) is 0. The fourth-order valence-corrected chi connectivity index (χ4v) is 2.00. The summed E-state index contributed by atoms with van der Waals surface area (Å²) < 4.78 is 0. The molecule has 0 fully saturated rings. The Kier molecular flexibility index (Phi) is 3.59. The molecule has 0 aliphatic heterocycles. The van der Waals surface area contributed by atoms with Crippen molar-refractivity contribution < 1.29 is 0 Å². The van der Waals surface area contributed by atoms with Gasteiger partial charge in [-0.25, -0.2) is 4.98 Å². The molecule has 1 aromatic carbocycles. The molecule has 2 aromatic rings. The monoisotopic (exact) mass is 229 g/mol. The molecule has 17 heavy (non-hydrogen) atoms. The van der Waals surface area contributed by atoms with Gasteiger partial charge in [-0.3, -0.25) is 0 Å². The fourth-order valence-electron chi connectivity index (χ4n) is 2.00. The molecule has 0 spiro atoms. The molecule has 1 unspecified atom stereocenters. The van der Waals surface area contributed by atoms with Crippen molar-refractivity contribution in [1.29, 1.82) is 0 Å². The van der Waals surface area contributed by atoms with Crippen molar-refractivity contribution in [2.45, 2.75) is 33.4 Å². The van der Waals surface area contributed by atoms with Crippen molar-refractivity contribution in [3.63, 3.8) is 0 Å². The maximum Gasteiger partial charge on any atom is 0.0925 e. The van der Waals surface area contributed by atoms with Crippen LogP contribution in [0, 0.1) is 13.8 Å². The van der Waals surface area contributed by atoms with Crippen molar-refractivity contribution in [2.75, 3.05) is 0 Å². The van der Waals surface area contributed by atoms with E-state index >= 15 is 0 Å². The predicted octanol–water partition coefficient (Wildman–Crippen LogP) is 2.88. The molecule has 0 amide bonds. The van der Waals surface area contributed by atoms with Crippen molar-refractivity contribution >= 4 is 0 Å². The highest BCUT2D eigenvalue weighted by atomic mass is 15.0. The summed E-state index contributed by atoms with van der Waals surface area (Å²) in [6.45, 7) is 7.17. The number of aromatic nitrogens is 2. The lowest BCUT2D eigenvalue weighted by molar-refractivity contribution is 0.565. The molecule has 90 valence electrons. The van der Waals surface area contributed by atoms with Gasteiger partial charge in [-0.1, -0.05) is 24.3 Å². The third kappa shape index (κ3) is 2.74. The summed E-state index contributed by atoms with van der Waals surface area (Å²) in [5, 5.41) is 3.50. The van der Waals surface area contributed by atoms with Crippen LogP contribution in [0.4, 0.5) is 0 Å². The number of H-pyrrole nitrogens is 1. The third-order valence-electron chi connectivity index (χ3n) is 3.16. The number of aryl methyl sites for hydroxylation is 2. The standard InChI is InChI=1S/C14H19N3/c1-10-6-4-5-7-13(10)11(2)15-8-14-12(3)16-9-17-14/h4-7,9,11,15H,8H2,1-3H3,(H,16,17). The first-order valence-corrected chi connectivity index (χ1v) is 5.96. The van der Waals surface area contributed by atoms with Crippen LogP contribution in [0.2, 0.25) is 0 Å². The maximum absolute atomic E-state index is 4.29. The normalized spacial score (nSPS) is 12.6. The molecule has 0 bridgehead atoms. The summed E-state index contributed by atoms with van der Waals surface area (Å²) in [5.41, 5.74) is 4.90. The van der Waals surface area contributed by atoms with Gasteiger partial charge < -0.3 is 10.3 Å². The first-order chi connectivity index (χ1) is 8.18. The molecule has 0 aliphatic rings. The molecule has 3 heteroatoms. The van der Waals surface area contributed by atoms with E-state index in [4.69, 9.17) is 0 Å². The molecular weight excluding hydrogens is 210 g/mol. The minimum absolute atomic E-state index is 0.340. The lowest BCUT2D eigenvalue weighted by Crippen LogP contribution is -2.19. The second-order valence-corrected chi connectivity index (χ2v) is 4.43. The van der Waals surface area contributed by atoms with Crippen LogP contribution in [0.5, 0.6) is 0 Å². The highest BCUT2D eigenvalue weighted by Crippen LogP contribution is 2.17. The third-order valence-corrected chi connectivity index (χ3v) is 3.16. The Morgan fingerprint density at radius 1 is 1.29 bits per heavy atom. The lowest BCUT2D eigenvalue weighted by atomic mass is 10.0. The first-order valence-electron chi connectivity index (χ1n) is 5.96. The number of hydrogen-bond acceptors (Lipinski definition) is 2. The van der Waals surface area contributed by atoms with Crippen LogP contribution >= 0.6 is 0 Å². The number of nitrogens with one attached hydrogen (secondary N) is 2. The summed E-state index contributed by atoms with van der Waals surface area (Å²) >= 11 is 0. The number of hydrogen-bond donors (Lipinski definition) is 2. The number of aromatic amines is 1. The minimum atomic E-state index is 0.340. The fraction of sp³-hybridized carbons (Fsp3) is 0.357. The molecule has 1 aromatic heterocycles. The SMILES string of the molecule is Cc1ccccc1C(C)NCc1nc[nH]c1C. The quantitative estimate of drug-likeness (QED) is 0.846. The van der Waals surface area contributed by atoms with E-state index in [1.807, 2.05) is 6.92 Å². The molecule has 0 radical (unpaired) electrons. The Bertz CT molecular complexity index is 488. The van der Waals surface area contributed by atoms with E-state index in [9.17, 15) is 0 Å². The summed E-state index contributed by atoms with van der Waals surface area (Å²) in [6, 6.07) is 8.81. The molecule has 2 rings (SSSR count). The molecule has 1 heterocycles. The number of nitrogens with zero attached hydrogens (tertiary/aromatic N) is 1. The second kappa shape index (κ2) is 5.15. The molecule has 0 aliphatic carbocycles. The highest BCUT2D eigenvalue weighted by Gasteiger charge is 2.08.